The molecule has 0 unspecified atom stereocenters. The summed E-state index contributed by atoms with van der Waals surface area (Å²) in [6, 6.07) is 3.40. The number of halogens is 3. The summed E-state index contributed by atoms with van der Waals surface area (Å²) in [4.78, 5) is 17.9. The minimum atomic E-state index is -4.42. The maximum atomic E-state index is 12.7. The molecule has 3 nitrogen and oxygen atoms in total. The zero-order valence-electron chi connectivity index (χ0n) is 10.6. The van der Waals surface area contributed by atoms with Crippen LogP contribution in [0, 0.1) is 0 Å². The van der Waals surface area contributed by atoms with Crippen molar-refractivity contribution >= 4 is 10.9 Å². The van der Waals surface area contributed by atoms with Gasteiger partial charge >= 0.3 is 11.9 Å². The maximum absolute atomic E-state index is 12.7. The van der Waals surface area contributed by atoms with Crippen molar-refractivity contribution < 1.29 is 13.2 Å². The molecule has 0 spiro atoms. The van der Waals surface area contributed by atoms with Crippen molar-refractivity contribution in [2.75, 3.05) is 0 Å². The molecule has 20 heavy (non-hydrogen) atoms. The van der Waals surface area contributed by atoms with Gasteiger partial charge in [0.25, 0.3) is 0 Å². The second-order valence-electron chi connectivity index (χ2n) is 5.17. The van der Waals surface area contributed by atoms with E-state index in [0.717, 1.165) is 43.5 Å². The van der Waals surface area contributed by atoms with Crippen LogP contribution in [0.3, 0.4) is 0 Å². The summed E-state index contributed by atoms with van der Waals surface area (Å²) in [7, 11) is 0. The lowest BCUT2D eigenvalue weighted by Gasteiger charge is -2.13. The molecule has 2 aromatic rings. The zero-order valence-corrected chi connectivity index (χ0v) is 10.6. The van der Waals surface area contributed by atoms with Crippen molar-refractivity contribution in [3.05, 3.63) is 39.9 Å². The van der Waals surface area contributed by atoms with Crippen LogP contribution in [0.1, 0.15) is 42.9 Å². The molecular weight excluding hydrogens is 269 g/mol. The second kappa shape index (κ2) is 4.61. The molecule has 1 fully saturated rings. The first-order valence-electron chi connectivity index (χ1n) is 6.56. The average Bonchev–Trinajstić information content (AvgIpc) is 2.89. The van der Waals surface area contributed by atoms with Gasteiger partial charge in [-0.2, -0.15) is 18.2 Å². The maximum Gasteiger partial charge on any atom is 0.416 e. The van der Waals surface area contributed by atoms with E-state index < -0.39 is 17.4 Å². The Morgan fingerprint density at radius 3 is 2.55 bits per heavy atom. The van der Waals surface area contributed by atoms with E-state index in [0.29, 0.717) is 5.39 Å². The van der Waals surface area contributed by atoms with Gasteiger partial charge in [-0.1, -0.05) is 18.9 Å². The number of fused-ring (bicyclic) bond motifs is 1. The van der Waals surface area contributed by atoms with Gasteiger partial charge in [0.15, 0.2) is 0 Å². The third-order valence-electron chi connectivity index (χ3n) is 3.84. The predicted octanol–water partition coefficient (Wildman–Crippen LogP) is 3.60. The quantitative estimate of drug-likeness (QED) is 0.868. The van der Waals surface area contributed by atoms with Crippen LogP contribution in [0.2, 0.25) is 0 Å². The number of hydrogen-bond acceptors (Lipinski definition) is 2. The molecule has 1 aliphatic rings. The first kappa shape index (κ1) is 13.1. The van der Waals surface area contributed by atoms with E-state index in [1.807, 2.05) is 0 Å². The number of alkyl halides is 3. The van der Waals surface area contributed by atoms with Crippen LogP contribution in [0.5, 0.6) is 0 Å². The third-order valence-corrected chi connectivity index (χ3v) is 3.84. The van der Waals surface area contributed by atoms with Crippen LogP contribution in [0.4, 0.5) is 13.2 Å². The molecule has 1 aromatic carbocycles. The molecule has 3 rings (SSSR count). The Labute approximate surface area is 112 Å². The van der Waals surface area contributed by atoms with Crippen LogP contribution >= 0.6 is 0 Å². The van der Waals surface area contributed by atoms with E-state index in [1.165, 1.54) is 6.07 Å². The summed E-state index contributed by atoms with van der Waals surface area (Å²) in [6.07, 6.45) is -0.355. The van der Waals surface area contributed by atoms with Gasteiger partial charge in [-0.25, -0.2) is 4.79 Å². The zero-order chi connectivity index (χ0) is 14.3. The smallest absolute Gasteiger partial charge is 0.309 e. The Hall–Kier alpha value is -1.85. The highest BCUT2D eigenvalue weighted by atomic mass is 19.4. The minimum absolute atomic E-state index is 0.116. The van der Waals surface area contributed by atoms with E-state index in [2.05, 4.69) is 9.97 Å². The molecule has 6 heteroatoms. The van der Waals surface area contributed by atoms with Crippen LogP contribution in [0.15, 0.2) is 23.0 Å². The number of nitrogens with one attached hydrogen (secondary N) is 1. The van der Waals surface area contributed by atoms with Gasteiger partial charge in [-0.05, 0) is 30.9 Å². The van der Waals surface area contributed by atoms with E-state index >= 15 is 0 Å². The Morgan fingerprint density at radius 2 is 1.90 bits per heavy atom. The molecule has 0 amide bonds. The first-order chi connectivity index (χ1) is 9.45. The highest BCUT2D eigenvalue weighted by Gasteiger charge is 2.31. The molecule has 106 valence electrons. The van der Waals surface area contributed by atoms with E-state index in [1.54, 1.807) is 0 Å². The molecule has 1 aliphatic carbocycles. The number of hydrogen-bond donors (Lipinski definition) is 1. The number of benzene rings is 1. The highest BCUT2D eigenvalue weighted by Crippen LogP contribution is 2.37. The molecule has 0 bridgehead atoms. The molecule has 1 saturated carbocycles. The van der Waals surface area contributed by atoms with Crippen molar-refractivity contribution in [2.45, 2.75) is 37.8 Å². The molecule has 1 heterocycles. The predicted molar refractivity (Wildman–Crippen MR) is 68.6 cm³/mol. The van der Waals surface area contributed by atoms with Gasteiger partial charge in [-0.15, -0.1) is 0 Å². The largest absolute Gasteiger partial charge is 0.416 e. The number of rotatable bonds is 1. The first-order valence-corrected chi connectivity index (χ1v) is 6.56. The fourth-order valence-electron chi connectivity index (χ4n) is 2.88. The van der Waals surface area contributed by atoms with Gasteiger partial charge in [0.1, 0.15) is 0 Å². The summed E-state index contributed by atoms with van der Waals surface area (Å²) < 4.78 is 38.1. The van der Waals surface area contributed by atoms with Crippen molar-refractivity contribution in [3.8, 4) is 0 Å². The van der Waals surface area contributed by atoms with Crippen molar-refractivity contribution in [1.29, 1.82) is 0 Å². The Kier molecular flexibility index (Phi) is 3.03. The molecule has 1 aromatic heterocycles. The molecule has 0 radical (unpaired) electrons. The standard InChI is InChI=1S/C14H13F3N2O/c15-14(16,17)9-5-6-10-11(7-9)18-13(20)19-12(10)8-3-1-2-4-8/h5-8H,1-4H2,(H,18,19,20). The molecule has 0 saturated heterocycles. The summed E-state index contributed by atoms with van der Waals surface area (Å²) in [5.41, 5.74) is -0.518. The van der Waals surface area contributed by atoms with E-state index in [9.17, 15) is 18.0 Å². The summed E-state index contributed by atoms with van der Waals surface area (Å²) in [6.45, 7) is 0. The van der Waals surface area contributed by atoms with Crippen LogP contribution in [0.25, 0.3) is 10.9 Å². The van der Waals surface area contributed by atoms with Gasteiger partial charge in [0, 0.05) is 11.1 Å². The Balaban J connectivity index is 2.19. The second-order valence-corrected chi connectivity index (χ2v) is 5.17. The summed E-state index contributed by atoms with van der Waals surface area (Å²) in [5.74, 6) is 0.213. The molecular formula is C14H13F3N2O. The fourth-order valence-corrected chi connectivity index (χ4v) is 2.88. The van der Waals surface area contributed by atoms with E-state index in [-0.39, 0.29) is 11.4 Å². The van der Waals surface area contributed by atoms with Gasteiger partial charge < -0.3 is 4.98 Å². The lowest BCUT2D eigenvalue weighted by molar-refractivity contribution is -0.137. The monoisotopic (exact) mass is 282 g/mol. The lowest BCUT2D eigenvalue weighted by atomic mass is 9.98. The average molecular weight is 282 g/mol. The number of aromatic amines is 1. The fraction of sp³-hybridized carbons (Fsp3) is 0.429. The van der Waals surface area contributed by atoms with Crippen LogP contribution < -0.4 is 5.69 Å². The third kappa shape index (κ3) is 2.30. The number of H-pyrrole nitrogens is 1. The van der Waals surface area contributed by atoms with Gasteiger partial charge in [0.05, 0.1) is 11.1 Å². The summed E-state index contributed by atoms with van der Waals surface area (Å²) in [5, 5.41) is 0.615. The number of aromatic nitrogens is 2. The molecule has 0 aliphatic heterocycles. The van der Waals surface area contributed by atoms with Crippen LogP contribution in [-0.2, 0) is 6.18 Å². The highest BCUT2D eigenvalue weighted by molar-refractivity contribution is 5.82. The van der Waals surface area contributed by atoms with Crippen molar-refractivity contribution in [1.82, 2.24) is 9.97 Å². The summed E-state index contributed by atoms with van der Waals surface area (Å²) >= 11 is 0. The Bertz CT molecular complexity index is 700. The minimum Gasteiger partial charge on any atom is -0.309 e. The van der Waals surface area contributed by atoms with Crippen LogP contribution in [-0.4, -0.2) is 9.97 Å². The normalized spacial score (nSPS) is 16.9. The molecule has 0 atom stereocenters. The number of nitrogens with zero attached hydrogens (tertiary/aromatic N) is 1. The lowest BCUT2D eigenvalue weighted by Crippen LogP contribution is -2.15. The van der Waals surface area contributed by atoms with Crippen molar-refractivity contribution in [2.24, 2.45) is 0 Å². The van der Waals surface area contributed by atoms with Gasteiger partial charge in [-0.3, -0.25) is 0 Å². The molecule has 1 N–H and O–H groups in total. The van der Waals surface area contributed by atoms with Crippen molar-refractivity contribution in [3.63, 3.8) is 0 Å². The van der Waals surface area contributed by atoms with E-state index in [4.69, 9.17) is 0 Å². The van der Waals surface area contributed by atoms with Gasteiger partial charge in [0.2, 0.25) is 0 Å². The Morgan fingerprint density at radius 1 is 1.20 bits per heavy atom. The topological polar surface area (TPSA) is 45.8 Å². The SMILES string of the molecule is O=c1nc2cc(C(F)(F)F)ccc2c(C2CCCC2)[nH]1.